The highest BCUT2D eigenvalue weighted by atomic mass is 15.3. The van der Waals surface area contributed by atoms with E-state index in [4.69, 9.17) is 0 Å². The number of nitrogens with zero attached hydrogens (tertiary/aromatic N) is 3. The summed E-state index contributed by atoms with van der Waals surface area (Å²) in [5, 5.41) is 7.68. The van der Waals surface area contributed by atoms with Gasteiger partial charge in [0.2, 0.25) is 0 Å². The third-order valence-corrected chi connectivity index (χ3v) is 2.85. The SMILES string of the molecule is c1ccc(-n2cc(NCc3ccncc3)cn2)cc1. The minimum atomic E-state index is 0.767. The van der Waals surface area contributed by atoms with E-state index < -0.39 is 0 Å². The summed E-state index contributed by atoms with van der Waals surface area (Å²) in [4.78, 5) is 4.00. The van der Waals surface area contributed by atoms with E-state index in [-0.39, 0.29) is 0 Å². The Hall–Kier alpha value is -2.62. The summed E-state index contributed by atoms with van der Waals surface area (Å²) in [5.74, 6) is 0. The van der Waals surface area contributed by atoms with Crippen LogP contribution in [0.2, 0.25) is 0 Å². The highest BCUT2D eigenvalue weighted by molar-refractivity contribution is 5.42. The first-order valence-corrected chi connectivity index (χ1v) is 6.15. The maximum absolute atomic E-state index is 4.34. The zero-order chi connectivity index (χ0) is 12.9. The summed E-state index contributed by atoms with van der Waals surface area (Å²) in [6.07, 6.45) is 7.40. The Bertz CT molecular complexity index is 632. The number of benzene rings is 1. The van der Waals surface area contributed by atoms with Crippen molar-refractivity contribution in [3.8, 4) is 5.69 Å². The monoisotopic (exact) mass is 250 g/mol. The van der Waals surface area contributed by atoms with Gasteiger partial charge in [-0.2, -0.15) is 5.10 Å². The zero-order valence-electron chi connectivity index (χ0n) is 10.4. The van der Waals surface area contributed by atoms with E-state index >= 15 is 0 Å². The van der Waals surface area contributed by atoms with Crippen molar-refractivity contribution in [1.82, 2.24) is 14.8 Å². The smallest absolute Gasteiger partial charge is 0.0733 e. The minimum Gasteiger partial charge on any atom is -0.378 e. The van der Waals surface area contributed by atoms with Crippen LogP contribution in [-0.4, -0.2) is 14.8 Å². The molecule has 0 saturated heterocycles. The maximum atomic E-state index is 4.34. The molecule has 3 rings (SSSR count). The summed E-state index contributed by atoms with van der Waals surface area (Å²) < 4.78 is 1.86. The van der Waals surface area contributed by atoms with Crippen molar-refractivity contribution in [3.05, 3.63) is 72.8 Å². The molecule has 4 heteroatoms. The molecular weight excluding hydrogens is 236 g/mol. The summed E-state index contributed by atoms with van der Waals surface area (Å²) in [6, 6.07) is 14.0. The highest BCUT2D eigenvalue weighted by Gasteiger charge is 2.00. The molecule has 94 valence electrons. The zero-order valence-corrected chi connectivity index (χ0v) is 10.4. The number of pyridine rings is 1. The Morgan fingerprint density at radius 1 is 1.00 bits per heavy atom. The van der Waals surface area contributed by atoms with Crippen molar-refractivity contribution in [2.24, 2.45) is 0 Å². The molecule has 3 aromatic rings. The van der Waals surface area contributed by atoms with E-state index in [1.807, 2.05) is 59.5 Å². The fourth-order valence-electron chi connectivity index (χ4n) is 1.84. The number of nitrogens with one attached hydrogen (secondary N) is 1. The van der Waals surface area contributed by atoms with Gasteiger partial charge in [0.05, 0.1) is 23.8 Å². The quantitative estimate of drug-likeness (QED) is 0.774. The van der Waals surface area contributed by atoms with Crippen LogP contribution in [0.4, 0.5) is 5.69 Å². The van der Waals surface area contributed by atoms with Gasteiger partial charge in [-0.15, -0.1) is 0 Å². The molecule has 2 aromatic heterocycles. The Morgan fingerprint density at radius 2 is 1.79 bits per heavy atom. The molecule has 0 fully saturated rings. The van der Waals surface area contributed by atoms with Crippen LogP contribution in [-0.2, 0) is 6.54 Å². The van der Waals surface area contributed by atoms with Crippen LogP contribution in [0.1, 0.15) is 5.56 Å². The second-order valence-electron chi connectivity index (χ2n) is 4.22. The number of rotatable bonds is 4. The second kappa shape index (κ2) is 5.35. The largest absolute Gasteiger partial charge is 0.378 e. The third kappa shape index (κ3) is 2.80. The van der Waals surface area contributed by atoms with Gasteiger partial charge in [-0.1, -0.05) is 18.2 Å². The van der Waals surface area contributed by atoms with Crippen LogP contribution >= 0.6 is 0 Å². The first-order chi connectivity index (χ1) is 9.42. The Kier molecular flexibility index (Phi) is 3.23. The normalized spacial score (nSPS) is 10.3. The Labute approximate surface area is 111 Å². The lowest BCUT2D eigenvalue weighted by Crippen LogP contribution is -1.98. The molecule has 0 amide bonds. The summed E-state index contributed by atoms with van der Waals surface area (Å²) in [7, 11) is 0. The molecule has 0 unspecified atom stereocenters. The first-order valence-electron chi connectivity index (χ1n) is 6.15. The number of hydrogen-bond acceptors (Lipinski definition) is 3. The van der Waals surface area contributed by atoms with Gasteiger partial charge in [-0.25, -0.2) is 4.68 Å². The van der Waals surface area contributed by atoms with Crippen LogP contribution in [0.25, 0.3) is 5.69 Å². The van der Waals surface area contributed by atoms with Crippen molar-refractivity contribution in [3.63, 3.8) is 0 Å². The summed E-state index contributed by atoms with van der Waals surface area (Å²) >= 11 is 0. The fraction of sp³-hybridized carbons (Fsp3) is 0.0667. The number of aromatic nitrogens is 3. The van der Waals surface area contributed by atoms with Crippen LogP contribution in [0.3, 0.4) is 0 Å². The molecule has 4 nitrogen and oxygen atoms in total. The molecule has 0 aliphatic rings. The summed E-state index contributed by atoms with van der Waals surface area (Å²) in [5.41, 5.74) is 3.25. The van der Waals surface area contributed by atoms with E-state index in [2.05, 4.69) is 15.4 Å². The number of para-hydroxylation sites is 1. The van der Waals surface area contributed by atoms with E-state index in [1.165, 1.54) is 5.56 Å². The fourth-order valence-corrected chi connectivity index (χ4v) is 1.84. The van der Waals surface area contributed by atoms with Crippen molar-refractivity contribution >= 4 is 5.69 Å². The molecule has 0 atom stereocenters. The summed E-state index contributed by atoms with van der Waals surface area (Å²) in [6.45, 7) is 0.767. The van der Waals surface area contributed by atoms with Gasteiger partial charge in [0.25, 0.3) is 0 Å². The molecule has 0 aliphatic heterocycles. The van der Waals surface area contributed by atoms with E-state index in [0.717, 1.165) is 17.9 Å². The lowest BCUT2D eigenvalue weighted by atomic mass is 10.3. The average Bonchev–Trinajstić information content (AvgIpc) is 2.96. The van der Waals surface area contributed by atoms with Gasteiger partial charge in [0.1, 0.15) is 0 Å². The van der Waals surface area contributed by atoms with Gasteiger partial charge in [-0.3, -0.25) is 4.98 Å². The van der Waals surface area contributed by atoms with Crippen LogP contribution in [0.15, 0.2) is 67.3 Å². The molecule has 0 aliphatic carbocycles. The number of anilines is 1. The lowest BCUT2D eigenvalue weighted by Gasteiger charge is -2.03. The lowest BCUT2D eigenvalue weighted by molar-refractivity contribution is 0.880. The molecule has 1 aromatic carbocycles. The van der Waals surface area contributed by atoms with Gasteiger partial charge in [0.15, 0.2) is 0 Å². The van der Waals surface area contributed by atoms with Crippen molar-refractivity contribution in [1.29, 1.82) is 0 Å². The molecular formula is C15H14N4. The molecule has 1 N–H and O–H groups in total. The van der Waals surface area contributed by atoms with E-state index in [9.17, 15) is 0 Å². The molecule has 0 spiro atoms. The topological polar surface area (TPSA) is 42.7 Å². The highest BCUT2D eigenvalue weighted by Crippen LogP contribution is 2.12. The molecule has 19 heavy (non-hydrogen) atoms. The van der Waals surface area contributed by atoms with Crippen LogP contribution in [0, 0.1) is 0 Å². The third-order valence-electron chi connectivity index (χ3n) is 2.85. The van der Waals surface area contributed by atoms with Crippen molar-refractivity contribution in [2.75, 3.05) is 5.32 Å². The van der Waals surface area contributed by atoms with Crippen LogP contribution in [0.5, 0.6) is 0 Å². The Balaban J connectivity index is 1.69. The molecule has 2 heterocycles. The minimum absolute atomic E-state index is 0.767. The second-order valence-corrected chi connectivity index (χ2v) is 4.22. The van der Waals surface area contributed by atoms with E-state index in [0.29, 0.717) is 0 Å². The Morgan fingerprint density at radius 3 is 2.58 bits per heavy atom. The van der Waals surface area contributed by atoms with Crippen molar-refractivity contribution < 1.29 is 0 Å². The number of hydrogen-bond donors (Lipinski definition) is 1. The van der Waals surface area contributed by atoms with Gasteiger partial charge >= 0.3 is 0 Å². The van der Waals surface area contributed by atoms with E-state index in [1.54, 1.807) is 12.4 Å². The maximum Gasteiger partial charge on any atom is 0.0733 e. The standard InChI is InChI=1S/C15H14N4/c1-2-4-15(5-3-1)19-12-14(11-18-19)17-10-13-6-8-16-9-7-13/h1-9,11-12,17H,10H2. The molecule has 0 radical (unpaired) electrons. The predicted octanol–water partition coefficient (Wildman–Crippen LogP) is 2.88. The van der Waals surface area contributed by atoms with Crippen molar-refractivity contribution in [2.45, 2.75) is 6.54 Å². The van der Waals surface area contributed by atoms with Gasteiger partial charge in [-0.05, 0) is 29.8 Å². The molecule has 0 saturated carbocycles. The molecule has 0 bridgehead atoms. The predicted molar refractivity (Wildman–Crippen MR) is 75.1 cm³/mol. The van der Waals surface area contributed by atoms with Crippen LogP contribution < -0.4 is 5.32 Å². The van der Waals surface area contributed by atoms with Gasteiger partial charge in [0, 0.05) is 18.9 Å². The van der Waals surface area contributed by atoms with Gasteiger partial charge < -0.3 is 5.32 Å². The first kappa shape index (κ1) is 11.5. The average molecular weight is 250 g/mol.